The Hall–Kier alpha value is -3.51. The zero-order chi connectivity index (χ0) is 24.7. The molecule has 4 rings (SSSR count). The van der Waals surface area contributed by atoms with Gasteiger partial charge in [0.05, 0.1) is 33.5 Å². The highest BCUT2D eigenvalue weighted by atomic mass is 16.5. The van der Waals surface area contributed by atoms with Gasteiger partial charge in [-0.05, 0) is 55.1 Å². The van der Waals surface area contributed by atoms with Gasteiger partial charge in [-0.2, -0.15) is 0 Å². The molecule has 6 nitrogen and oxygen atoms in total. The Morgan fingerprint density at radius 1 is 0.886 bits per heavy atom. The number of ether oxygens (including phenoxy) is 4. The molecule has 184 valence electrons. The quantitative estimate of drug-likeness (QED) is 0.298. The van der Waals surface area contributed by atoms with Crippen molar-refractivity contribution >= 4 is 5.97 Å². The molecule has 1 saturated carbocycles. The maximum absolute atomic E-state index is 12.5. The Bertz CT molecular complexity index is 1050. The first-order chi connectivity index (χ1) is 17.1. The third-order valence-corrected chi connectivity index (χ3v) is 6.71. The van der Waals surface area contributed by atoms with Crippen LogP contribution in [-0.2, 0) is 10.2 Å². The maximum Gasteiger partial charge on any atom is 0.338 e. The van der Waals surface area contributed by atoms with Crippen LogP contribution in [0.4, 0.5) is 0 Å². The number of benzene rings is 3. The van der Waals surface area contributed by atoms with Crippen LogP contribution in [0.25, 0.3) is 0 Å². The molecule has 1 N–H and O–H groups in total. The molecule has 1 atom stereocenters. The number of esters is 1. The van der Waals surface area contributed by atoms with E-state index in [4.69, 9.17) is 18.9 Å². The minimum atomic E-state index is -0.418. The summed E-state index contributed by atoms with van der Waals surface area (Å²) >= 11 is 0. The molecule has 0 aliphatic heterocycles. The van der Waals surface area contributed by atoms with Crippen LogP contribution in [0.5, 0.6) is 17.2 Å². The van der Waals surface area contributed by atoms with E-state index in [1.54, 1.807) is 12.1 Å². The fourth-order valence-corrected chi connectivity index (χ4v) is 4.84. The van der Waals surface area contributed by atoms with Gasteiger partial charge in [0.1, 0.15) is 0 Å². The molecule has 1 aliphatic carbocycles. The number of methoxy groups -OCH3 is 3. The highest BCUT2D eigenvalue weighted by Crippen LogP contribution is 2.58. The first kappa shape index (κ1) is 24.6. The van der Waals surface area contributed by atoms with Crippen molar-refractivity contribution in [3.8, 4) is 17.2 Å². The lowest BCUT2D eigenvalue weighted by Gasteiger charge is -2.19. The van der Waals surface area contributed by atoms with Crippen LogP contribution in [0.2, 0.25) is 0 Å². The van der Waals surface area contributed by atoms with Gasteiger partial charge in [-0.1, -0.05) is 60.7 Å². The molecule has 1 fully saturated rings. The van der Waals surface area contributed by atoms with Gasteiger partial charge in [0.25, 0.3) is 0 Å². The zero-order valence-electron chi connectivity index (χ0n) is 20.6. The van der Waals surface area contributed by atoms with Crippen molar-refractivity contribution in [1.29, 1.82) is 0 Å². The van der Waals surface area contributed by atoms with Crippen molar-refractivity contribution in [2.75, 3.05) is 41.0 Å². The largest absolute Gasteiger partial charge is 0.493 e. The molecule has 0 spiro atoms. The lowest BCUT2D eigenvalue weighted by atomic mass is 9.86. The number of nitrogens with one attached hydrogen (secondary N) is 1. The van der Waals surface area contributed by atoms with Crippen LogP contribution in [0.15, 0.2) is 72.8 Å². The smallest absolute Gasteiger partial charge is 0.338 e. The van der Waals surface area contributed by atoms with Gasteiger partial charge in [0.2, 0.25) is 5.75 Å². The van der Waals surface area contributed by atoms with E-state index in [0.717, 1.165) is 25.9 Å². The van der Waals surface area contributed by atoms with Crippen molar-refractivity contribution in [2.24, 2.45) is 5.92 Å². The van der Waals surface area contributed by atoms with E-state index in [9.17, 15) is 4.79 Å². The van der Waals surface area contributed by atoms with Gasteiger partial charge in [0, 0.05) is 5.41 Å². The number of hydrogen-bond donors (Lipinski definition) is 1. The predicted molar refractivity (Wildman–Crippen MR) is 136 cm³/mol. The van der Waals surface area contributed by atoms with Crippen LogP contribution in [-0.4, -0.2) is 47.0 Å². The normalized spacial score (nSPS) is 15.8. The number of hydrogen-bond acceptors (Lipinski definition) is 6. The van der Waals surface area contributed by atoms with Gasteiger partial charge in [-0.15, -0.1) is 0 Å². The second-order valence-corrected chi connectivity index (χ2v) is 8.71. The molecule has 6 heteroatoms. The topological polar surface area (TPSA) is 66.0 Å². The van der Waals surface area contributed by atoms with Crippen LogP contribution in [0, 0.1) is 5.92 Å². The number of rotatable bonds is 12. The van der Waals surface area contributed by atoms with Gasteiger partial charge in [0.15, 0.2) is 11.5 Å². The third-order valence-electron chi connectivity index (χ3n) is 6.71. The standard InChI is InChI=1S/C29H33NO5/c1-32-25-17-21(18-26(33-2)27(25)34-3)28(31)35-16-10-15-30-20-24-19-29(24,22-11-6-4-7-12-22)23-13-8-5-9-14-23/h4-9,11-14,17-18,24,30H,10,15-16,19-20H2,1-3H3/t24-/m0/s1. The predicted octanol–water partition coefficient (Wildman–Crippen LogP) is 4.86. The molecule has 0 amide bonds. The monoisotopic (exact) mass is 475 g/mol. The molecule has 0 radical (unpaired) electrons. The van der Waals surface area contributed by atoms with E-state index in [-0.39, 0.29) is 5.41 Å². The fraction of sp³-hybridized carbons (Fsp3) is 0.345. The third kappa shape index (κ3) is 5.28. The Kier molecular flexibility index (Phi) is 7.93. The molecule has 0 heterocycles. The van der Waals surface area contributed by atoms with Crippen molar-refractivity contribution in [2.45, 2.75) is 18.3 Å². The summed E-state index contributed by atoms with van der Waals surface area (Å²) in [7, 11) is 4.56. The minimum absolute atomic E-state index is 0.0778. The summed E-state index contributed by atoms with van der Waals surface area (Å²) in [6, 6.07) is 24.7. The molecular weight excluding hydrogens is 442 g/mol. The molecule has 1 aliphatic rings. The summed E-state index contributed by atoms with van der Waals surface area (Å²) in [5.41, 5.74) is 3.18. The lowest BCUT2D eigenvalue weighted by Crippen LogP contribution is -2.24. The minimum Gasteiger partial charge on any atom is -0.493 e. The van der Waals surface area contributed by atoms with E-state index in [2.05, 4.69) is 66.0 Å². The second kappa shape index (κ2) is 11.3. The SMILES string of the molecule is COc1cc(C(=O)OCCCNC[C@@H]2CC2(c2ccccc2)c2ccccc2)cc(OC)c1OC. The molecule has 0 unspecified atom stereocenters. The Labute approximate surface area is 207 Å². The molecule has 3 aromatic carbocycles. The average molecular weight is 476 g/mol. The second-order valence-electron chi connectivity index (χ2n) is 8.71. The van der Waals surface area contributed by atoms with Crippen LogP contribution in [0.1, 0.15) is 34.3 Å². The number of carbonyl (C=O) groups is 1. The van der Waals surface area contributed by atoms with E-state index in [0.29, 0.717) is 35.3 Å². The molecule has 35 heavy (non-hydrogen) atoms. The number of carbonyl (C=O) groups excluding carboxylic acids is 1. The first-order valence-corrected chi connectivity index (χ1v) is 11.9. The summed E-state index contributed by atoms with van der Waals surface area (Å²) in [4.78, 5) is 12.5. The zero-order valence-corrected chi connectivity index (χ0v) is 20.6. The average Bonchev–Trinajstić information content (AvgIpc) is 3.65. The molecule has 0 saturated heterocycles. The summed E-state index contributed by atoms with van der Waals surface area (Å²) in [5, 5.41) is 3.56. The van der Waals surface area contributed by atoms with Crippen LogP contribution >= 0.6 is 0 Å². The fourth-order valence-electron chi connectivity index (χ4n) is 4.84. The summed E-state index contributed by atoms with van der Waals surface area (Å²) < 4.78 is 21.4. The Morgan fingerprint density at radius 3 is 1.97 bits per heavy atom. The molecular formula is C29H33NO5. The van der Waals surface area contributed by atoms with Gasteiger partial charge in [-0.3, -0.25) is 0 Å². The van der Waals surface area contributed by atoms with Gasteiger partial charge >= 0.3 is 5.97 Å². The summed E-state index contributed by atoms with van der Waals surface area (Å²) in [6.45, 7) is 2.03. The van der Waals surface area contributed by atoms with Crippen molar-refractivity contribution in [3.05, 3.63) is 89.5 Å². The molecule has 3 aromatic rings. The van der Waals surface area contributed by atoms with Crippen molar-refractivity contribution < 1.29 is 23.7 Å². The highest BCUT2D eigenvalue weighted by molar-refractivity contribution is 5.91. The van der Waals surface area contributed by atoms with Gasteiger partial charge < -0.3 is 24.3 Å². The van der Waals surface area contributed by atoms with E-state index in [1.807, 2.05) is 0 Å². The van der Waals surface area contributed by atoms with Crippen molar-refractivity contribution in [3.63, 3.8) is 0 Å². The lowest BCUT2D eigenvalue weighted by molar-refractivity contribution is 0.0499. The summed E-state index contributed by atoms with van der Waals surface area (Å²) in [5.74, 6) is 1.40. The molecule has 0 bridgehead atoms. The van der Waals surface area contributed by atoms with Gasteiger partial charge in [-0.25, -0.2) is 4.79 Å². The van der Waals surface area contributed by atoms with E-state index < -0.39 is 5.97 Å². The highest BCUT2D eigenvalue weighted by Gasteiger charge is 2.55. The summed E-state index contributed by atoms with van der Waals surface area (Å²) in [6.07, 6.45) is 1.86. The van der Waals surface area contributed by atoms with E-state index >= 15 is 0 Å². The van der Waals surface area contributed by atoms with E-state index in [1.165, 1.54) is 32.5 Å². The Balaban J connectivity index is 1.26. The maximum atomic E-state index is 12.5. The van der Waals surface area contributed by atoms with Crippen LogP contribution < -0.4 is 19.5 Å². The Morgan fingerprint density at radius 2 is 1.46 bits per heavy atom. The molecule has 0 aromatic heterocycles. The first-order valence-electron chi connectivity index (χ1n) is 11.9. The van der Waals surface area contributed by atoms with Crippen LogP contribution in [0.3, 0.4) is 0 Å². The van der Waals surface area contributed by atoms with Crippen molar-refractivity contribution in [1.82, 2.24) is 5.32 Å².